The van der Waals surface area contributed by atoms with Crippen LogP contribution in [0.1, 0.15) is 5.69 Å². The molecule has 2 aromatic rings. The van der Waals surface area contributed by atoms with E-state index in [0.29, 0.717) is 11.5 Å². The Kier molecular flexibility index (Phi) is 2.25. The van der Waals surface area contributed by atoms with Crippen molar-refractivity contribution < 1.29 is 14.0 Å². The molecule has 0 saturated heterocycles. The normalized spacial score (nSPS) is 13.1. The average molecular weight is 235 g/mol. The zero-order valence-corrected chi connectivity index (χ0v) is 9.24. The van der Waals surface area contributed by atoms with Crippen molar-refractivity contribution in [2.45, 2.75) is 5.75 Å². The van der Waals surface area contributed by atoms with Gasteiger partial charge in [0, 0.05) is 17.4 Å². The van der Waals surface area contributed by atoms with Gasteiger partial charge in [0.15, 0.2) is 17.3 Å². The Hall–Kier alpha value is -1.62. The monoisotopic (exact) mass is 235 g/mol. The van der Waals surface area contributed by atoms with Crippen molar-refractivity contribution in [2.24, 2.45) is 0 Å². The molecule has 0 radical (unpaired) electrons. The fourth-order valence-corrected chi connectivity index (χ4v) is 1.72. The predicted octanol–water partition coefficient (Wildman–Crippen LogP) is 2.50. The minimum atomic E-state index is 0.275. The van der Waals surface area contributed by atoms with Crippen molar-refractivity contribution in [3.8, 4) is 22.8 Å². The fraction of sp³-hybridized carbons (Fsp3) is 0.182. The van der Waals surface area contributed by atoms with Crippen LogP contribution in [0, 0.1) is 0 Å². The molecule has 1 aliphatic heterocycles. The second kappa shape index (κ2) is 3.75. The molecule has 0 amide bonds. The predicted molar refractivity (Wildman–Crippen MR) is 60.8 cm³/mol. The van der Waals surface area contributed by atoms with E-state index in [4.69, 9.17) is 14.0 Å². The van der Waals surface area contributed by atoms with Gasteiger partial charge in [-0.1, -0.05) is 5.16 Å². The maximum Gasteiger partial charge on any atom is 0.231 e. The number of hydrogen-bond donors (Lipinski definition) is 1. The number of nitrogens with zero attached hydrogens (tertiary/aromatic N) is 1. The Morgan fingerprint density at radius 3 is 2.88 bits per heavy atom. The van der Waals surface area contributed by atoms with Crippen LogP contribution in [0.3, 0.4) is 0 Å². The second-order valence-corrected chi connectivity index (χ2v) is 3.72. The summed E-state index contributed by atoms with van der Waals surface area (Å²) in [5.74, 6) is 2.77. The highest BCUT2D eigenvalue weighted by Crippen LogP contribution is 2.35. The van der Waals surface area contributed by atoms with Crippen LogP contribution in [0.2, 0.25) is 0 Å². The molecule has 3 rings (SSSR count). The Morgan fingerprint density at radius 2 is 2.06 bits per heavy atom. The summed E-state index contributed by atoms with van der Waals surface area (Å²) in [6, 6.07) is 7.52. The van der Waals surface area contributed by atoms with Crippen LogP contribution in [0.25, 0.3) is 11.3 Å². The third-order valence-corrected chi connectivity index (χ3v) is 2.70. The number of benzene rings is 1. The van der Waals surface area contributed by atoms with Crippen LogP contribution in [-0.2, 0) is 5.75 Å². The first-order chi connectivity index (χ1) is 7.86. The second-order valence-electron chi connectivity index (χ2n) is 3.41. The number of aromatic nitrogens is 1. The summed E-state index contributed by atoms with van der Waals surface area (Å²) in [7, 11) is 0. The zero-order valence-electron chi connectivity index (χ0n) is 8.34. The van der Waals surface area contributed by atoms with Gasteiger partial charge in [-0.15, -0.1) is 0 Å². The van der Waals surface area contributed by atoms with Gasteiger partial charge in [0.2, 0.25) is 6.79 Å². The summed E-state index contributed by atoms with van der Waals surface area (Å²) in [5.41, 5.74) is 1.74. The van der Waals surface area contributed by atoms with Crippen LogP contribution in [0.15, 0.2) is 28.8 Å². The van der Waals surface area contributed by atoms with Gasteiger partial charge in [-0.3, -0.25) is 0 Å². The van der Waals surface area contributed by atoms with E-state index in [-0.39, 0.29) is 6.79 Å². The lowest BCUT2D eigenvalue weighted by Gasteiger charge is -1.98. The first-order valence-electron chi connectivity index (χ1n) is 4.83. The first kappa shape index (κ1) is 9.59. The third kappa shape index (κ3) is 1.53. The van der Waals surface area contributed by atoms with Gasteiger partial charge in [0.05, 0.1) is 5.69 Å². The van der Waals surface area contributed by atoms with Crippen LogP contribution in [-0.4, -0.2) is 11.9 Å². The van der Waals surface area contributed by atoms with Crippen molar-refractivity contribution in [1.82, 2.24) is 5.16 Å². The van der Waals surface area contributed by atoms with Crippen molar-refractivity contribution >= 4 is 12.6 Å². The molecule has 0 saturated carbocycles. The molecule has 16 heavy (non-hydrogen) atoms. The lowest BCUT2D eigenvalue weighted by molar-refractivity contribution is 0.174. The molecule has 0 bridgehead atoms. The molecule has 1 aromatic heterocycles. The maximum absolute atomic E-state index is 5.29. The lowest BCUT2D eigenvalue weighted by Crippen LogP contribution is -1.92. The molecular weight excluding hydrogens is 226 g/mol. The number of hydrogen-bond acceptors (Lipinski definition) is 5. The van der Waals surface area contributed by atoms with E-state index in [2.05, 4.69) is 17.8 Å². The molecule has 1 aliphatic rings. The van der Waals surface area contributed by atoms with Gasteiger partial charge in [0.25, 0.3) is 0 Å². The van der Waals surface area contributed by atoms with E-state index < -0.39 is 0 Å². The van der Waals surface area contributed by atoms with Crippen LogP contribution >= 0.6 is 12.6 Å². The first-order valence-corrected chi connectivity index (χ1v) is 5.46. The topological polar surface area (TPSA) is 44.5 Å². The summed E-state index contributed by atoms with van der Waals surface area (Å²) in [5, 5.41) is 3.88. The van der Waals surface area contributed by atoms with Gasteiger partial charge in [-0.05, 0) is 18.2 Å². The molecule has 0 N–H and O–H groups in total. The van der Waals surface area contributed by atoms with Gasteiger partial charge in [-0.2, -0.15) is 12.6 Å². The summed E-state index contributed by atoms with van der Waals surface area (Å²) >= 11 is 4.13. The summed E-state index contributed by atoms with van der Waals surface area (Å²) in [4.78, 5) is 0. The Labute approximate surface area is 97.6 Å². The SMILES string of the molecule is SCc1cc(-c2ccc3c(c2)OCO3)on1. The molecule has 0 fully saturated rings. The smallest absolute Gasteiger partial charge is 0.231 e. The lowest BCUT2D eigenvalue weighted by atomic mass is 10.1. The van der Waals surface area contributed by atoms with E-state index in [9.17, 15) is 0 Å². The van der Waals surface area contributed by atoms with Crippen molar-refractivity contribution in [3.63, 3.8) is 0 Å². The van der Waals surface area contributed by atoms with Gasteiger partial charge >= 0.3 is 0 Å². The Morgan fingerprint density at radius 1 is 1.19 bits per heavy atom. The van der Waals surface area contributed by atoms with Crippen molar-refractivity contribution in [2.75, 3.05) is 6.79 Å². The van der Waals surface area contributed by atoms with Crippen molar-refractivity contribution in [1.29, 1.82) is 0 Å². The molecular formula is C11H9NO3S. The van der Waals surface area contributed by atoms with Crippen LogP contribution in [0.5, 0.6) is 11.5 Å². The van der Waals surface area contributed by atoms with E-state index in [0.717, 1.165) is 22.8 Å². The van der Waals surface area contributed by atoms with E-state index >= 15 is 0 Å². The van der Waals surface area contributed by atoms with Crippen molar-refractivity contribution in [3.05, 3.63) is 30.0 Å². The van der Waals surface area contributed by atoms with E-state index in [1.807, 2.05) is 24.3 Å². The summed E-state index contributed by atoms with van der Waals surface area (Å²) in [6.07, 6.45) is 0. The minimum absolute atomic E-state index is 0.275. The molecule has 82 valence electrons. The average Bonchev–Trinajstić information content (AvgIpc) is 2.96. The zero-order chi connectivity index (χ0) is 11.0. The molecule has 5 heteroatoms. The summed E-state index contributed by atoms with van der Waals surface area (Å²) < 4.78 is 15.7. The minimum Gasteiger partial charge on any atom is -0.454 e. The number of fused-ring (bicyclic) bond motifs is 1. The number of rotatable bonds is 2. The van der Waals surface area contributed by atoms with E-state index in [1.54, 1.807) is 0 Å². The van der Waals surface area contributed by atoms with E-state index in [1.165, 1.54) is 0 Å². The highest BCUT2D eigenvalue weighted by molar-refractivity contribution is 7.79. The fourth-order valence-electron chi connectivity index (χ4n) is 1.57. The number of ether oxygens (including phenoxy) is 2. The molecule has 2 heterocycles. The van der Waals surface area contributed by atoms with Gasteiger partial charge < -0.3 is 14.0 Å². The number of thiol groups is 1. The van der Waals surface area contributed by atoms with Gasteiger partial charge in [0.1, 0.15) is 0 Å². The molecule has 0 atom stereocenters. The van der Waals surface area contributed by atoms with Gasteiger partial charge in [-0.25, -0.2) is 0 Å². The standard InChI is InChI=1S/C11H9NO3S/c16-5-8-4-10(15-12-8)7-1-2-9-11(3-7)14-6-13-9/h1-4,16H,5-6H2. The molecule has 0 unspecified atom stereocenters. The highest BCUT2D eigenvalue weighted by atomic mass is 32.1. The van der Waals surface area contributed by atoms with Crippen LogP contribution in [0.4, 0.5) is 0 Å². The van der Waals surface area contributed by atoms with Crippen LogP contribution < -0.4 is 9.47 Å². The third-order valence-electron chi connectivity index (χ3n) is 2.38. The molecule has 0 spiro atoms. The largest absolute Gasteiger partial charge is 0.454 e. The Balaban J connectivity index is 2.00. The molecule has 0 aliphatic carbocycles. The summed E-state index contributed by atoms with van der Waals surface area (Å²) in [6.45, 7) is 0.275. The quantitative estimate of drug-likeness (QED) is 0.812. The maximum atomic E-state index is 5.29. The molecule has 4 nitrogen and oxygen atoms in total. The Bertz CT molecular complexity index is 524. The molecule has 1 aromatic carbocycles. The highest BCUT2D eigenvalue weighted by Gasteiger charge is 2.15.